The zero-order valence-corrected chi connectivity index (χ0v) is 26.7. The van der Waals surface area contributed by atoms with Gasteiger partial charge in [-0.15, -0.1) is 0 Å². The maximum atomic E-state index is 2.63. The molecule has 0 fully saturated rings. The van der Waals surface area contributed by atoms with Crippen molar-refractivity contribution in [2.75, 3.05) is 0 Å². The fourth-order valence-electron chi connectivity index (χ4n) is 6.13. The highest BCUT2D eigenvalue weighted by Crippen LogP contribution is 2.44. The van der Waals surface area contributed by atoms with E-state index in [1.165, 1.54) is 103 Å². The molecule has 0 amide bonds. The fraction of sp³-hybridized carbons (Fsp3) is 0.667. The van der Waals surface area contributed by atoms with Crippen molar-refractivity contribution in [1.82, 2.24) is 0 Å². The molecule has 0 unspecified atom stereocenters. The quantitative estimate of drug-likeness (QED) is 0.187. The first-order chi connectivity index (χ1) is 18.0. The lowest BCUT2D eigenvalue weighted by Crippen LogP contribution is -2.09. The molecular weight excluding hydrogens is 464 g/mol. The molecule has 2 aromatic carbocycles. The van der Waals surface area contributed by atoms with Gasteiger partial charge in [0.25, 0.3) is 0 Å². The predicted octanol–water partition coefficient (Wildman–Crippen LogP) is 11.5. The van der Waals surface area contributed by atoms with Gasteiger partial charge in [-0.25, -0.2) is 0 Å². The molecule has 0 atom stereocenters. The first-order valence-corrected chi connectivity index (χ1v) is 16.9. The van der Waals surface area contributed by atoms with E-state index >= 15 is 0 Å². The van der Waals surface area contributed by atoms with E-state index in [0.717, 1.165) is 0 Å². The Hall–Kier alpha value is -1.21. The molecule has 2 rings (SSSR count). The van der Waals surface area contributed by atoms with E-state index in [4.69, 9.17) is 0 Å². The van der Waals surface area contributed by atoms with Gasteiger partial charge in [0.15, 0.2) is 0 Å². The summed E-state index contributed by atoms with van der Waals surface area (Å²) in [5.74, 6) is 0. The smallest absolute Gasteiger partial charge is 0.0192 e. The third-order valence-corrected chi connectivity index (χ3v) is 9.02. The minimum absolute atomic E-state index is 1.21. The molecule has 0 saturated heterocycles. The number of aryl methyl sites for hydroxylation is 4. The van der Waals surface area contributed by atoms with Crippen LogP contribution in [0.5, 0.6) is 0 Å². The Labute approximate surface area is 235 Å². The maximum Gasteiger partial charge on any atom is 0.0192 e. The predicted molar refractivity (Wildman–Crippen MR) is 169 cm³/mol. The Kier molecular flexibility index (Phi) is 15.0. The molecule has 0 heterocycles. The summed E-state index contributed by atoms with van der Waals surface area (Å²) in [5, 5.41) is 0. The van der Waals surface area contributed by atoms with E-state index in [1.54, 1.807) is 54.3 Å². The zero-order valence-electron chi connectivity index (χ0n) is 25.9. The Morgan fingerprint density at radius 1 is 0.351 bits per heavy atom. The maximum absolute atomic E-state index is 2.63. The van der Waals surface area contributed by atoms with Gasteiger partial charge in [0, 0.05) is 9.79 Å². The number of rotatable bonds is 18. The first-order valence-electron chi connectivity index (χ1n) is 16.0. The minimum Gasteiger partial charge on any atom is -0.0889 e. The highest BCUT2D eigenvalue weighted by Gasteiger charge is 2.23. The van der Waals surface area contributed by atoms with Gasteiger partial charge < -0.3 is 0 Å². The van der Waals surface area contributed by atoms with Crippen LogP contribution in [0.1, 0.15) is 151 Å². The standard InChI is InChI=1S/C36H58S/c1-9-17-27-25-28(18-10-2)32(22-14-6)35(31(27)21-13-5)37-36-33(23-15-7)29(19-11-3)26-30(20-12-4)34(36)24-16-8/h25-26H,9-24H2,1-8H3. The molecule has 1 heteroatoms. The lowest BCUT2D eigenvalue weighted by Gasteiger charge is -2.26. The molecule has 0 spiro atoms. The molecule has 208 valence electrons. The van der Waals surface area contributed by atoms with Crippen LogP contribution in [0, 0.1) is 0 Å². The van der Waals surface area contributed by atoms with Crippen molar-refractivity contribution in [3.05, 3.63) is 56.6 Å². The van der Waals surface area contributed by atoms with E-state index in [1.807, 2.05) is 0 Å². The summed E-state index contributed by atoms with van der Waals surface area (Å²) >= 11 is 2.21. The summed E-state index contributed by atoms with van der Waals surface area (Å²) in [5.41, 5.74) is 13.3. The van der Waals surface area contributed by atoms with Crippen molar-refractivity contribution in [2.45, 2.75) is 168 Å². The van der Waals surface area contributed by atoms with Gasteiger partial charge in [0.1, 0.15) is 0 Å². The molecule has 0 aliphatic rings. The second kappa shape index (κ2) is 17.4. The molecule has 0 saturated carbocycles. The summed E-state index contributed by atoms with van der Waals surface area (Å²) in [6.07, 6.45) is 19.5. The molecule has 0 aliphatic carbocycles. The fourth-order valence-corrected chi connectivity index (χ4v) is 7.76. The van der Waals surface area contributed by atoms with E-state index in [0.29, 0.717) is 0 Å². The molecular formula is C36H58S. The van der Waals surface area contributed by atoms with Gasteiger partial charge in [-0.05, 0) is 95.9 Å². The van der Waals surface area contributed by atoms with Crippen molar-refractivity contribution in [3.8, 4) is 0 Å². The van der Waals surface area contributed by atoms with Crippen LogP contribution in [0.2, 0.25) is 0 Å². The van der Waals surface area contributed by atoms with Crippen LogP contribution in [0.15, 0.2) is 21.9 Å². The minimum atomic E-state index is 1.21. The van der Waals surface area contributed by atoms with Crippen LogP contribution in [0.3, 0.4) is 0 Å². The molecule has 0 aliphatic heterocycles. The molecule has 0 N–H and O–H groups in total. The molecule has 0 bridgehead atoms. The van der Waals surface area contributed by atoms with E-state index in [2.05, 4.69) is 79.3 Å². The van der Waals surface area contributed by atoms with Crippen LogP contribution < -0.4 is 0 Å². The SMILES string of the molecule is CCCc1cc(CCC)c(CCC)c(Sc2c(CCC)c(CCC)cc(CCC)c2CCC)c1CCC. The van der Waals surface area contributed by atoms with Crippen molar-refractivity contribution in [2.24, 2.45) is 0 Å². The van der Waals surface area contributed by atoms with Gasteiger partial charge in [0.2, 0.25) is 0 Å². The molecule has 0 aromatic heterocycles. The Balaban J connectivity index is 2.96. The molecule has 37 heavy (non-hydrogen) atoms. The van der Waals surface area contributed by atoms with Crippen LogP contribution in [-0.4, -0.2) is 0 Å². The summed E-state index contributed by atoms with van der Waals surface area (Å²) in [6.45, 7) is 18.9. The third-order valence-electron chi connectivity index (χ3n) is 7.63. The average Bonchev–Trinajstić information content (AvgIpc) is 2.87. The number of hydrogen-bond acceptors (Lipinski definition) is 1. The number of hydrogen-bond donors (Lipinski definition) is 0. The van der Waals surface area contributed by atoms with E-state index in [9.17, 15) is 0 Å². The Morgan fingerprint density at radius 2 is 0.568 bits per heavy atom. The van der Waals surface area contributed by atoms with E-state index < -0.39 is 0 Å². The van der Waals surface area contributed by atoms with Crippen LogP contribution in [0.4, 0.5) is 0 Å². The zero-order chi connectivity index (χ0) is 27.2. The highest BCUT2D eigenvalue weighted by molar-refractivity contribution is 7.99. The third kappa shape index (κ3) is 8.39. The van der Waals surface area contributed by atoms with Crippen molar-refractivity contribution >= 4 is 11.8 Å². The Bertz CT molecular complexity index is 806. The Morgan fingerprint density at radius 3 is 0.757 bits per heavy atom. The highest BCUT2D eigenvalue weighted by atomic mass is 32.2. The van der Waals surface area contributed by atoms with Crippen molar-refractivity contribution < 1.29 is 0 Å². The monoisotopic (exact) mass is 522 g/mol. The van der Waals surface area contributed by atoms with Gasteiger partial charge in [0.05, 0.1) is 0 Å². The summed E-state index contributed by atoms with van der Waals surface area (Å²) < 4.78 is 0. The molecule has 0 radical (unpaired) electrons. The van der Waals surface area contributed by atoms with Crippen LogP contribution in [-0.2, 0) is 51.4 Å². The normalized spacial score (nSPS) is 11.5. The average molecular weight is 523 g/mol. The summed E-state index contributed by atoms with van der Waals surface area (Å²) in [6, 6.07) is 5.26. The lowest BCUT2D eigenvalue weighted by atomic mass is 9.89. The lowest BCUT2D eigenvalue weighted by molar-refractivity contribution is 0.786. The van der Waals surface area contributed by atoms with Gasteiger partial charge in [-0.2, -0.15) is 0 Å². The number of benzene rings is 2. The van der Waals surface area contributed by atoms with E-state index in [-0.39, 0.29) is 0 Å². The van der Waals surface area contributed by atoms with Gasteiger partial charge >= 0.3 is 0 Å². The largest absolute Gasteiger partial charge is 0.0889 e. The van der Waals surface area contributed by atoms with Gasteiger partial charge in [-0.3, -0.25) is 0 Å². The summed E-state index contributed by atoms with van der Waals surface area (Å²) in [4.78, 5) is 3.31. The summed E-state index contributed by atoms with van der Waals surface area (Å²) in [7, 11) is 0. The van der Waals surface area contributed by atoms with Crippen LogP contribution in [0.25, 0.3) is 0 Å². The topological polar surface area (TPSA) is 0 Å². The molecule has 0 nitrogen and oxygen atoms in total. The molecule has 2 aromatic rings. The van der Waals surface area contributed by atoms with Gasteiger partial charge in [-0.1, -0.05) is 131 Å². The van der Waals surface area contributed by atoms with Crippen LogP contribution >= 0.6 is 11.8 Å². The first kappa shape index (κ1) is 32.0. The van der Waals surface area contributed by atoms with Crippen molar-refractivity contribution in [3.63, 3.8) is 0 Å². The second-order valence-corrected chi connectivity index (χ2v) is 12.1. The van der Waals surface area contributed by atoms with Crippen molar-refractivity contribution in [1.29, 1.82) is 0 Å². The second-order valence-electron chi connectivity index (χ2n) is 11.1.